The molecule has 1 saturated heterocycles. The van der Waals surface area contributed by atoms with Gasteiger partial charge in [0.25, 0.3) is 0 Å². The molecule has 1 aromatic heterocycles. The Balaban J connectivity index is 1.86. The van der Waals surface area contributed by atoms with Gasteiger partial charge in [-0.25, -0.2) is 22.6 Å². The van der Waals surface area contributed by atoms with E-state index < -0.39 is 40.7 Å². The summed E-state index contributed by atoms with van der Waals surface area (Å²) in [6.45, 7) is 5.28. The summed E-state index contributed by atoms with van der Waals surface area (Å²) in [4.78, 5) is 6.53. The van der Waals surface area contributed by atoms with Crippen LogP contribution in [0.15, 0.2) is 41.4 Å². The molecule has 0 unspecified atom stereocenters. The van der Waals surface area contributed by atoms with E-state index in [0.29, 0.717) is 0 Å². The summed E-state index contributed by atoms with van der Waals surface area (Å²) in [6, 6.07) is 7.71. The van der Waals surface area contributed by atoms with E-state index in [9.17, 15) is 23.0 Å². The van der Waals surface area contributed by atoms with E-state index in [-0.39, 0.29) is 28.6 Å². The van der Waals surface area contributed by atoms with Crippen molar-refractivity contribution in [3.63, 3.8) is 0 Å². The molecule has 0 aliphatic carbocycles. The number of aliphatic hydroxyl groups is 2. The molecule has 2 atom stereocenters. The Kier molecular flexibility index (Phi) is 5.50. The Morgan fingerprint density at radius 1 is 1.45 bits per heavy atom. The van der Waals surface area contributed by atoms with Crippen molar-refractivity contribution >= 4 is 15.7 Å². The Bertz CT molecular complexity index is 1110. The van der Waals surface area contributed by atoms with E-state index >= 15 is 0 Å². The highest BCUT2D eigenvalue weighted by Gasteiger charge is 2.50. The molecule has 2 aromatic rings. The SMILES string of the molecule is [C-]#[N+]c1ccc(O[C@H]2CN(S(=O)(=O)c3ccc(C#N)nc3)C[C@@]2(O)CO)cc1F. The Hall–Kier alpha value is -3.09. The fraction of sp³-hybridized carbons (Fsp3) is 0.278. The van der Waals surface area contributed by atoms with E-state index in [0.717, 1.165) is 16.6 Å². The number of hydrogen-bond acceptors (Lipinski definition) is 7. The molecule has 0 amide bonds. The topological polar surface area (TPSA) is 128 Å². The monoisotopic (exact) mass is 418 g/mol. The van der Waals surface area contributed by atoms with Gasteiger partial charge in [0.2, 0.25) is 15.7 Å². The van der Waals surface area contributed by atoms with Crippen molar-refractivity contribution in [2.24, 2.45) is 0 Å². The maximum atomic E-state index is 13.8. The van der Waals surface area contributed by atoms with Crippen LogP contribution in [0.2, 0.25) is 0 Å². The van der Waals surface area contributed by atoms with Gasteiger partial charge in [0.1, 0.15) is 39.9 Å². The van der Waals surface area contributed by atoms with Crippen molar-refractivity contribution in [2.45, 2.75) is 16.6 Å². The molecule has 29 heavy (non-hydrogen) atoms. The van der Waals surface area contributed by atoms with Crippen LogP contribution >= 0.6 is 0 Å². The molecule has 1 aliphatic heterocycles. The molecule has 0 saturated carbocycles. The number of β-amino-alcohol motifs (C(OH)–C–C–N with tert-alkyl or cyclic N) is 1. The van der Waals surface area contributed by atoms with Gasteiger partial charge in [-0.2, -0.15) is 9.57 Å². The molecular weight excluding hydrogens is 403 g/mol. The number of ether oxygens (including phenoxy) is 1. The summed E-state index contributed by atoms with van der Waals surface area (Å²) in [5.41, 5.74) is -2.09. The first kappa shape index (κ1) is 20.6. The van der Waals surface area contributed by atoms with Crippen LogP contribution in [0.25, 0.3) is 4.85 Å². The predicted molar refractivity (Wildman–Crippen MR) is 96.8 cm³/mol. The zero-order valence-corrected chi connectivity index (χ0v) is 15.7. The van der Waals surface area contributed by atoms with Gasteiger partial charge in [-0.3, -0.25) is 0 Å². The zero-order valence-electron chi connectivity index (χ0n) is 14.9. The second-order valence-electron chi connectivity index (χ2n) is 6.38. The van der Waals surface area contributed by atoms with Gasteiger partial charge in [-0.15, -0.1) is 0 Å². The predicted octanol–water partition coefficient (Wildman–Crippen LogP) is 0.818. The Morgan fingerprint density at radius 2 is 2.21 bits per heavy atom. The van der Waals surface area contributed by atoms with E-state index in [4.69, 9.17) is 16.6 Å². The lowest BCUT2D eigenvalue weighted by Gasteiger charge is -2.27. The van der Waals surface area contributed by atoms with Crippen LogP contribution in [0.5, 0.6) is 5.75 Å². The molecule has 3 rings (SSSR count). The number of pyridine rings is 1. The molecule has 11 heteroatoms. The summed E-state index contributed by atoms with van der Waals surface area (Å²) < 4.78 is 45.9. The van der Waals surface area contributed by atoms with Crippen LogP contribution in [0, 0.1) is 23.7 Å². The van der Waals surface area contributed by atoms with Crippen molar-refractivity contribution in [1.82, 2.24) is 9.29 Å². The first-order valence-corrected chi connectivity index (χ1v) is 9.71. The molecule has 9 nitrogen and oxygen atoms in total. The van der Waals surface area contributed by atoms with Gasteiger partial charge in [0, 0.05) is 18.8 Å². The standard InChI is InChI=1S/C18H15FN4O5S/c1-21-16-5-3-13(6-15(16)19)28-17-9-23(10-18(17,25)11-24)29(26,27)14-4-2-12(7-20)22-8-14/h2-6,8,17,24-25H,9-11H2/t17-,18+/m0/s1. The number of hydrogen-bond donors (Lipinski definition) is 2. The van der Waals surface area contributed by atoms with Gasteiger partial charge in [0.15, 0.2) is 0 Å². The molecule has 0 bridgehead atoms. The largest absolute Gasteiger partial charge is 0.486 e. The fourth-order valence-electron chi connectivity index (χ4n) is 2.87. The highest BCUT2D eigenvalue weighted by Crippen LogP contribution is 2.32. The lowest BCUT2D eigenvalue weighted by atomic mass is 10.0. The van der Waals surface area contributed by atoms with Gasteiger partial charge in [0.05, 0.1) is 19.7 Å². The lowest BCUT2D eigenvalue weighted by molar-refractivity contribution is -0.0641. The normalized spacial score (nSPS) is 22.0. The summed E-state index contributed by atoms with van der Waals surface area (Å²) >= 11 is 0. The minimum absolute atomic E-state index is 0.0222. The minimum Gasteiger partial charge on any atom is -0.486 e. The third-order valence-electron chi connectivity index (χ3n) is 4.50. The minimum atomic E-state index is -4.09. The molecule has 0 radical (unpaired) electrons. The Morgan fingerprint density at radius 3 is 2.76 bits per heavy atom. The molecule has 2 N–H and O–H groups in total. The van der Waals surface area contributed by atoms with E-state index in [1.54, 1.807) is 6.07 Å². The van der Waals surface area contributed by atoms with Crippen LogP contribution < -0.4 is 4.74 Å². The van der Waals surface area contributed by atoms with Crippen molar-refractivity contribution in [3.05, 3.63) is 59.5 Å². The van der Waals surface area contributed by atoms with Crippen LogP contribution in [-0.4, -0.2) is 59.3 Å². The highest BCUT2D eigenvalue weighted by molar-refractivity contribution is 7.89. The number of nitrogens with zero attached hydrogens (tertiary/aromatic N) is 4. The van der Waals surface area contributed by atoms with Crippen molar-refractivity contribution in [2.75, 3.05) is 19.7 Å². The number of rotatable bonds is 5. The number of sulfonamides is 1. The summed E-state index contributed by atoms with van der Waals surface area (Å²) in [5, 5.41) is 29.1. The molecule has 2 heterocycles. The van der Waals surface area contributed by atoms with E-state index in [2.05, 4.69) is 9.83 Å². The van der Waals surface area contributed by atoms with Gasteiger partial charge < -0.3 is 14.9 Å². The fourth-order valence-corrected chi connectivity index (χ4v) is 4.32. The number of aromatic nitrogens is 1. The van der Waals surface area contributed by atoms with E-state index in [1.807, 2.05) is 0 Å². The van der Waals surface area contributed by atoms with Crippen LogP contribution in [0.4, 0.5) is 10.1 Å². The number of benzene rings is 1. The molecule has 1 fully saturated rings. The molecular formula is C18H15FN4O5S. The van der Waals surface area contributed by atoms with Crippen molar-refractivity contribution in [3.8, 4) is 11.8 Å². The number of nitriles is 1. The van der Waals surface area contributed by atoms with Crippen molar-refractivity contribution < 1.29 is 27.8 Å². The first-order valence-electron chi connectivity index (χ1n) is 8.27. The maximum absolute atomic E-state index is 13.8. The second kappa shape index (κ2) is 7.73. The summed E-state index contributed by atoms with van der Waals surface area (Å²) in [7, 11) is -4.09. The molecule has 1 aromatic carbocycles. The maximum Gasteiger partial charge on any atom is 0.244 e. The summed E-state index contributed by atoms with van der Waals surface area (Å²) in [6.07, 6.45) is -0.162. The second-order valence-corrected chi connectivity index (χ2v) is 8.32. The van der Waals surface area contributed by atoms with E-state index in [1.165, 1.54) is 24.3 Å². The smallest absolute Gasteiger partial charge is 0.244 e. The third-order valence-corrected chi connectivity index (χ3v) is 6.29. The Labute approximate surface area is 166 Å². The molecule has 0 spiro atoms. The van der Waals surface area contributed by atoms with Crippen LogP contribution in [-0.2, 0) is 10.0 Å². The van der Waals surface area contributed by atoms with Gasteiger partial charge in [-0.05, 0) is 24.3 Å². The average Bonchev–Trinajstić information content (AvgIpc) is 3.06. The van der Waals surface area contributed by atoms with Crippen LogP contribution in [0.1, 0.15) is 5.69 Å². The molecule has 1 aliphatic rings. The van der Waals surface area contributed by atoms with Gasteiger partial charge >= 0.3 is 0 Å². The van der Waals surface area contributed by atoms with Crippen LogP contribution in [0.3, 0.4) is 0 Å². The molecule has 150 valence electrons. The quantitative estimate of drug-likeness (QED) is 0.688. The zero-order chi connectivity index (χ0) is 21.2. The first-order chi connectivity index (χ1) is 13.7. The number of aliphatic hydroxyl groups excluding tert-OH is 1. The van der Waals surface area contributed by atoms with Crippen molar-refractivity contribution in [1.29, 1.82) is 5.26 Å². The third kappa shape index (κ3) is 3.90. The number of halogens is 1. The van der Waals surface area contributed by atoms with Gasteiger partial charge in [-0.1, -0.05) is 0 Å². The highest BCUT2D eigenvalue weighted by atomic mass is 32.2. The average molecular weight is 418 g/mol. The summed E-state index contributed by atoms with van der Waals surface area (Å²) in [5.74, 6) is -0.845. The lowest BCUT2D eigenvalue weighted by Crippen LogP contribution is -2.48.